The van der Waals surface area contributed by atoms with E-state index < -0.39 is 11.7 Å². The third-order valence-corrected chi connectivity index (χ3v) is 2.62. The van der Waals surface area contributed by atoms with Gasteiger partial charge in [-0.05, 0) is 19.1 Å². The summed E-state index contributed by atoms with van der Waals surface area (Å²) in [7, 11) is 0. The Labute approximate surface area is 107 Å². The molecule has 0 saturated carbocycles. The van der Waals surface area contributed by atoms with Crippen molar-refractivity contribution < 1.29 is 13.2 Å². The SMILES string of the molecule is Cc1nc2ccc(C(F)(F)F)cn2c1CCl.Cl. The van der Waals surface area contributed by atoms with Crippen LogP contribution in [-0.2, 0) is 12.1 Å². The molecule has 2 aromatic rings. The molecule has 0 amide bonds. The Morgan fingerprint density at radius 1 is 1.35 bits per heavy atom. The third kappa shape index (κ3) is 2.50. The molecule has 0 unspecified atom stereocenters. The van der Waals surface area contributed by atoms with Gasteiger partial charge in [0, 0.05) is 6.20 Å². The Hall–Kier alpha value is -0.940. The second-order valence-electron chi connectivity index (χ2n) is 3.42. The van der Waals surface area contributed by atoms with E-state index in [0.29, 0.717) is 17.0 Å². The molecule has 0 aromatic carbocycles. The van der Waals surface area contributed by atoms with Gasteiger partial charge in [0.15, 0.2) is 0 Å². The Balaban J connectivity index is 0.00000144. The lowest BCUT2D eigenvalue weighted by atomic mass is 10.3. The molecule has 2 nitrogen and oxygen atoms in total. The smallest absolute Gasteiger partial charge is 0.302 e. The highest BCUT2D eigenvalue weighted by Crippen LogP contribution is 2.29. The molecule has 0 atom stereocenters. The standard InChI is InChI=1S/C10H8ClF3N2.ClH/c1-6-8(4-11)16-5-7(10(12,13)14)2-3-9(16)15-6;/h2-3,5H,4H2,1H3;1H. The molecule has 0 aliphatic rings. The van der Waals surface area contributed by atoms with E-state index in [1.165, 1.54) is 10.5 Å². The molecule has 2 heterocycles. The number of aryl methyl sites for hydroxylation is 1. The van der Waals surface area contributed by atoms with E-state index in [2.05, 4.69) is 4.98 Å². The number of rotatable bonds is 1. The number of imidazole rings is 1. The maximum absolute atomic E-state index is 12.5. The normalized spacial score (nSPS) is 11.6. The summed E-state index contributed by atoms with van der Waals surface area (Å²) < 4.78 is 38.9. The molecule has 0 N–H and O–H groups in total. The number of pyridine rings is 1. The van der Waals surface area contributed by atoms with Crippen LogP contribution >= 0.6 is 24.0 Å². The number of hydrogen-bond acceptors (Lipinski definition) is 1. The largest absolute Gasteiger partial charge is 0.417 e. The van der Waals surface area contributed by atoms with Gasteiger partial charge in [-0.1, -0.05) is 0 Å². The van der Waals surface area contributed by atoms with E-state index in [0.717, 1.165) is 12.3 Å². The van der Waals surface area contributed by atoms with E-state index in [9.17, 15) is 13.2 Å². The fourth-order valence-corrected chi connectivity index (χ4v) is 1.86. The van der Waals surface area contributed by atoms with Crippen molar-refractivity contribution >= 4 is 29.7 Å². The van der Waals surface area contributed by atoms with Gasteiger partial charge in [-0.3, -0.25) is 0 Å². The van der Waals surface area contributed by atoms with E-state index >= 15 is 0 Å². The molecule has 94 valence electrons. The van der Waals surface area contributed by atoms with Crippen molar-refractivity contribution in [1.29, 1.82) is 0 Å². The lowest BCUT2D eigenvalue weighted by Gasteiger charge is -2.07. The molecule has 0 aliphatic carbocycles. The third-order valence-electron chi connectivity index (χ3n) is 2.37. The topological polar surface area (TPSA) is 17.3 Å². The highest BCUT2D eigenvalue weighted by molar-refractivity contribution is 6.17. The maximum Gasteiger partial charge on any atom is 0.417 e. The second-order valence-corrected chi connectivity index (χ2v) is 3.69. The minimum absolute atomic E-state index is 0. The summed E-state index contributed by atoms with van der Waals surface area (Å²) in [6.45, 7) is 1.72. The van der Waals surface area contributed by atoms with Gasteiger partial charge in [0.25, 0.3) is 0 Å². The highest BCUT2D eigenvalue weighted by Gasteiger charge is 2.31. The van der Waals surface area contributed by atoms with E-state index in [1.54, 1.807) is 6.92 Å². The Kier molecular flexibility index (Phi) is 3.94. The van der Waals surface area contributed by atoms with Crippen LogP contribution in [0.15, 0.2) is 18.3 Å². The number of halogens is 5. The molecule has 0 bridgehead atoms. The molecule has 17 heavy (non-hydrogen) atoms. The molecule has 2 aromatic heterocycles. The predicted molar refractivity (Wildman–Crippen MR) is 61.7 cm³/mol. The molecule has 0 radical (unpaired) electrons. The fourth-order valence-electron chi connectivity index (χ4n) is 1.54. The van der Waals surface area contributed by atoms with Gasteiger partial charge < -0.3 is 4.40 Å². The number of aromatic nitrogens is 2. The van der Waals surface area contributed by atoms with Crippen molar-refractivity contribution in [1.82, 2.24) is 9.38 Å². The van der Waals surface area contributed by atoms with Crippen molar-refractivity contribution in [3.05, 3.63) is 35.3 Å². The Morgan fingerprint density at radius 2 is 2.00 bits per heavy atom. The summed E-state index contributed by atoms with van der Waals surface area (Å²) in [6.07, 6.45) is -3.33. The van der Waals surface area contributed by atoms with Gasteiger partial charge in [-0.25, -0.2) is 4.98 Å². The van der Waals surface area contributed by atoms with Crippen molar-refractivity contribution in [2.75, 3.05) is 0 Å². The van der Waals surface area contributed by atoms with Gasteiger partial charge in [-0.2, -0.15) is 13.2 Å². The van der Waals surface area contributed by atoms with Crippen LogP contribution in [0.4, 0.5) is 13.2 Å². The van der Waals surface area contributed by atoms with Crippen LogP contribution in [-0.4, -0.2) is 9.38 Å². The molecular formula is C10H9Cl2F3N2. The van der Waals surface area contributed by atoms with Gasteiger partial charge in [-0.15, -0.1) is 24.0 Å². The number of alkyl halides is 4. The molecule has 2 rings (SSSR count). The van der Waals surface area contributed by atoms with Crippen LogP contribution in [0.25, 0.3) is 5.65 Å². The van der Waals surface area contributed by atoms with Crippen molar-refractivity contribution in [3.63, 3.8) is 0 Å². The van der Waals surface area contributed by atoms with Gasteiger partial charge >= 0.3 is 6.18 Å². The summed E-state index contributed by atoms with van der Waals surface area (Å²) in [4.78, 5) is 4.12. The van der Waals surface area contributed by atoms with Gasteiger partial charge in [0.2, 0.25) is 0 Å². The summed E-state index contributed by atoms with van der Waals surface area (Å²) in [6, 6.07) is 2.35. The van der Waals surface area contributed by atoms with Gasteiger partial charge in [0.05, 0.1) is 22.8 Å². The van der Waals surface area contributed by atoms with E-state index in [4.69, 9.17) is 11.6 Å². The average Bonchev–Trinajstić information content (AvgIpc) is 2.50. The van der Waals surface area contributed by atoms with Crippen molar-refractivity contribution in [3.8, 4) is 0 Å². The first-order valence-electron chi connectivity index (χ1n) is 4.54. The zero-order chi connectivity index (χ0) is 11.9. The lowest BCUT2D eigenvalue weighted by Crippen LogP contribution is -2.06. The summed E-state index contributed by atoms with van der Waals surface area (Å²) >= 11 is 5.68. The minimum Gasteiger partial charge on any atom is -0.302 e. The first-order valence-corrected chi connectivity index (χ1v) is 5.07. The molecule has 0 saturated heterocycles. The fraction of sp³-hybridized carbons (Fsp3) is 0.300. The van der Waals surface area contributed by atoms with Gasteiger partial charge in [0.1, 0.15) is 5.65 Å². The van der Waals surface area contributed by atoms with Crippen LogP contribution in [0.1, 0.15) is 17.0 Å². The predicted octanol–water partition coefficient (Wildman–Crippen LogP) is 3.82. The summed E-state index contributed by atoms with van der Waals surface area (Å²) in [5, 5.41) is 0. The quantitative estimate of drug-likeness (QED) is 0.728. The minimum atomic E-state index is -4.35. The van der Waals surface area contributed by atoms with E-state index in [1.807, 2.05) is 0 Å². The molecule has 0 aliphatic heterocycles. The Morgan fingerprint density at radius 3 is 2.53 bits per heavy atom. The number of nitrogens with zero attached hydrogens (tertiary/aromatic N) is 2. The zero-order valence-electron chi connectivity index (χ0n) is 8.75. The van der Waals surface area contributed by atoms with Crippen LogP contribution < -0.4 is 0 Å². The number of hydrogen-bond donors (Lipinski definition) is 0. The first-order chi connectivity index (χ1) is 7.43. The highest BCUT2D eigenvalue weighted by atomic mass is 35.5. The van der Waals surface area contributed by atoms with Crippen molar-refractivity contribution in [2.24, 2.45) is 0 Å². The van der Waals surface area contributed by atoms with Crippen LogP contribution in [0.2, 0.25) is 0 Å². The van der Waals surface area contributed by atoms with Crippen LogP contribution in [0.3, 0.4) is 0 Å². The zero-order valence-corrected chi connectivity index (χ0v) is 10.3. The monoisotopic (exact) mass is 284 g/mol. The lowest BCUT2D eigenvalue weighted by molar-refractivity contribution is -0.137. The molecule has 0 fully saturated rings. The first kappa shape index (κ1) is 14.1. The van der Waals surface area contributed by atoms with Crippen LogP contribution in [0.5, 0.6) is 0 Å². The van der Waals surface area contributed by atoms with E-state index in [-0.39, 0.29) is 18.3 Å². The summed E-state index contributed by atoms with van der Waals surface area (Å²) in [5.41, 5.74) is 1.00. The van der Waals surface area contributed by atoms with Crippen molar-refractivity contribution in [2.45, 2.75) is 19.0 Å². The Bertz CT molecular complexity index is 534. The number of fused-ring (bicyclic) bond motifs is 1. The summed E-state index contributed by atoms with van der Waals surface area (Å²) in [5.74, 6) is 0.133. The second kappa shape index (κ2) is 4.74. The molecule has 0 spiro atoms. The molecule has 7 heteroatoms. The van der Waals surface area contributed by atoms with Crippen LogP contribution in [0, 0.1) is 6.92 Å². The molecular weight excluding hydrogens is 276 g/mol. The average molecular weight is 285 g/mol. The maximum atomic E-state index is 12.5.